The third-order valence-electron chi connectivity index (χ3n) is 4.82. The second-order valence-electron chi connectivity index (χ2n) is 6.80. The number of nitrogens with one attached hydrogen (secondary N) is 1. The third kappa shape index (κ3) is 3.58. The Kier molecular flexibility index (Phi) is 5.02. The van der Waals surface area contributed by atoms with Crippen LogP contribution in [-0.4, -0.2) is 32.4 Å². The van der Waals surface area contributed by atoms with Crippen molar-refractivity contribution < 1.29 is 14.3 Å². The Morgan fingerprint density at radius 2 is 2.03 bits per heavy atom. The van der Waals surface area contributed by atoms with Gasteiger partial charge >= 0.3 is 5.97 Å². The summed E-state index contributed by atoms with van der Waals surface area (Å²) in [4.78, 5) is 45.5. The van der Waals surface area contributed by atoms with E-state index in [4.69, 9.17) is 4.74 Å². The van der Waals surface area contributed by atoms with Gasteiger partial charge in [0, 0.05) is 28.7 Å². The summed E-state index contributed by atoms with van der Waals surface area (Å²) in [6.07, 6.45) is 0.481. The predicted octanol–water partition coefficient (Wildman–Crippen LogP) is 3.45. The molecule has 0 fully saturated rings. The zero-order valence-electron chi connectivity index (χ0n) is 16.0. The third-order valence-corrected chi connectivity index (χ3v) is 5.65. The number of hydrogen-bond acceptors (Lipinski definition) is 6. The van der Waals surface area contributed by atoms with Crippen LogP contribution in [0.25, 0.3) is 21.1 Å². The van der Waals surface area contributed by atoms with Crippen molar-refractivity contribution in [2.24, 2.45) is 0 Å². The Bertz CT molecular complexity index is 1280. The number of carbonyl (C=O) groups excluding carboxylic acids is 2. The number of aromatic amines is 1. The normalized spacial score (nSPS) is 12.3. The van der Waals surface area contributed by atoms with Crippen LogP contribution < -0.4 is 5.56 Å². The summed E-state index contributed by atoms with van der Waals surface area (Å²) < 4.78 is 6.72. The van der Waals surface area contributed by atoms with Crippen molar-refractivity contribution in [1.82, 2.24) is 14.5 Å². The van der Waals surface area contributed by atoms with Crippen LogP contribution in [0.4, 0.5) is 0 Å². The predicted molar refractivity (Wildman–Crippen MR) is 111 cm³/mol. The number of para-hydroxylation sites is 1. The molecule has 0 amide bonds. The van der Waals surface area contributed by atoms with Crippen molar-refractivity contribution in [3.05, 3.63) is 63.7 Å². The molecule has 1 aromatic carbocycles. The number of nitrogens with zero attached hydrogens (tertiary/aromatic N) is 2. The van der Waals surface area contributed by atoms with E-state index >= 15 is 0 Å². The second-order valence-corrected chi connectivity index (χ2v) is 7.69. The highest BCUT2D eigenvalue weighted by atomic mass is 32.1. The van der Waals surface area contributed by atoms with Gasteiger partial charge in [0.25, 0.3) is 5.56 Å². The highest BCUT2D eigenvalue weighted by molar-refractivity contribution is 7.16. The van der Waals surface area contributed by atoms with Crippen LogP contribution in [0.15, 0.2) is 46.8 Å². The number of hydrogen-bond donors (Lipinski definition) is 1. The van der Waals surface area contributed by atoms with Gasteiger partial charge in [-0.1, -0.05) is 18.2 Å². The van der Waals surface area contributed by atoms with E-state index < -0.39 is 12.1 Å². The number of aryl methyl sites for hydroxylation is 2. The molecule has 0 spiro atoms. The van der Waals surface area contributed by atoms with E-state index in [0.717, 1.165) is 16.6 Å². The van der Waals surface area contributed by atoms with Crippen molar-refractivity contribution in [2.45, 2.75) is 32.9 Å². The summed E-state index contributed by atoms with van der Waals surface area (Å²) in [5.74, 6) is -0.799. The summed E-state index contributed by atoms with van der Waals surface area (Å²) in [6.45, 7) is 3.53. The number of H-pyrrole nitrogens is 1. The summed E-state index contributed by atoms with van der Waals surface area (Å²) in [5, 5.41) is 3.14. The van der Waals surface area contributed by atoms with Gasteiger partial charge in [0.15, 0.2) is 6.10 Å². The van der Waals surface area contributed by atoms with Gasteiger partial charge in [-0.3, -0.25) is 19.0 Å². The molecule has 8 heteroatoms. The van der Waals surface area contributed by atoms with Crippen LogP contribution in [0.1, 0.15) is 29.4 Å². The van der Waals surface area contributed by atoms with Gasteiger partial charge in [-0.25, -0.2) is 4.98 Å². The molecule has 0 unspecified atom stereocenters. The first-order chi connectivity index (χ1) is 14.0. The van der Waals surface area contributed by atoms with Crippen molar-refractivity contribution in [3.63, 3.8) is 0 Å². The molecule has 0 saturated heterocycles. The number of rotatable bonds is 6. The van der Waals surface area contributed by atoms with E-state index in [2.05, 4.69) is 9.97 Å². The topological polar surface area (TPSA) is 94.1 Å². The Labute approximate surface area is 170 Å². The average Bonchev–Trinajstić information content (AvgIpc) is 3.30. The molecular weight excluding hydrogens is 390 g/mol. The van der Waals surface area contributed by atoms with Crippen LogP contribution in [0, 0.1) is 6.92 Å². The Balaban J connectivity index is 1.43. The van der Waals surface area contributed by atoms with Crippen LogP contribution in [0.2, 0.25) is 0 Å². The summed E-state index contributed by atoms with van der Waals surface area (Å²) in [6, 6.07) is 9.22. The minimum absolute atomic E-state index is 0.0261. The molecule has 3 aromatic heterocycles. The lowest BCUT2D eigenvalue weighted by Gasteiger charge is -2.13. The van der Waals surface area contributed by atoms with Crippen LogP contribution in [-0.2, 0) is 16.1 Å². The summed E-state index contributed by atoms with van der Waals surface area (Å²) in [7, 11) is 0. The van der Waals surface area contributed by atoms with Crippen molar-refractivity contribution >= 4 is 44.2 Å². The number of Topliss-reactive ketones (excluding diaryl/α,β-unsaturated/α-hetero) is 1. The fraction of sp³-hybridized carbons (Fsp3) is 0.238. The van der Waals surface area contributed by atoms with Crippen LogP contribution >= 0.6 is 11.3 Å². The molecule has 7 nitrogen and oxygen atoms in total. The first-order valence-corrected chi connectivity index (χ1v) is 10.1. The molecule has 0 aliphatic rings. The summed E-state index contributed by atoms with van der Waals surface area (Å²) >= 11 is 1.39. The Morgan fingerprint density at radius 1 is 1.24 bits per heavy atom. The number of carbonyl (C=O) groups is 2. The number of fused-ring (bicyclic) bond motifs is 2. The van der Waals surface area contributed by atoms with Crippen molar-refractivity contribution in [3.8, 4) is 0 Å². The zero-order chi connectivity index (χ0) is 20.5. The lowest BCUT2D eigenvalue weighted by molar-refractivity contribution is -0.146. The van der Waals surface area contributed by atoms with Gasteiger partial charge in [-0.05, 0) is 31.4 Å². The SMILES string of the molecule is Cc1[nH]c2ccccc2c1C(=O)[C@@H](C)OC(=O)CCn1cnc2sccc2c1=O. The van der Waals surface area contributed by atoms with E-state index in [9.17, 15) is 14.4 Å². The molecule has 0 saturated carbocycles. The van der Waals surface area contributed by atoms with E-state index in [1.807, 2.05) is 31.2 Å². The quantitative estimate of drug-likeness (QED) is 0.389. The molecule has 0 bridgehead atoms. The fourth-order valence-corrected chi connectivity index (χ4v) is 4.09. The summed E-state index contributed by atoms with van der Waals surface area (Å²) in [5.41, 5.74) is 1.94. The lowest BCUT2D eigenvalue weighted by atomic mass is 10.0. The number of benzene rings is 1. The van der Waals surface area contributed by atoms with Crippen molar-refractivity contribution in [1.29, 1.82) is 0 Å². The fourth-order valence-electron chi connectivity index (χ4n) is 3.37. The highest BCUT2D eigenvalue weighted by Crippen LogP contribution is 2.24. The molecule has 148 valence electrons. The van der Waals surface area contributed by atoms with E-state index in [-0.39, 0.29) is 24.3 Å². The number of ketones is 1. The minimum Gasteiger partial charge on any atom is -0.454 e. The molecule has 1 N–H and O–H groups in total. The minimum atomic E-state index is -0.922. The number of thiophene rings is 1. The molecule has 1 atom stereocenters. The molecule has 3 heterocycles. The smallest absolute Gasteiger partial charge is 0.308 e. The highest BCUT2D eigenvalue weighted by Gasteiger charge is 2.24. The molecular formula is C21H19N3O4S. The Hall–Kier alpha value is -3.26. The van der Waals surface area contributed by atoms with Gasteiger partial charge in [0.2, 0.25) is 5.78 Å². The molecule has 0 aliphatic heterocycles. The number of esters is 1. The van der Waals surface area contributed by atoms with Gasteiger partial charge in [-0.2, -0.15) is 0 Å². The Morgan fingerprint density at radius 3 is 2.86 bits per heavy atom. The lowest BCUT2D eigenvalue weighted by Crippen LogP contribution is -2.27. The monoisotopic (exact) mass is 409 g/mol. The largest absolute Gasteiger partial charge is 0.454 e. The number of ether oxygens (including phenoxy) is 1. The molecule has 4 aromatic rings. The van der Waals surface area contributed by atoms with Crippen LogP contribution in [0.3, 0.4) is 0 Å². The van der Waals surface area contributed by atoms with E-state index in [1.54, 1.807) is 18.4 Å². The first kappa shape index (κ1) is 19.1. The first-order valence-electron chi connectivity index (χ1n) is 9.19. The van der Waals surface area contributed by atoms with Gasteiger partial charge < -0.3 is 9.72 Å². The van der Waals surface area contributed by atoms with Gasteiger partial charge in [0.05, 0.1) is 18.1 Å². The van der Waals surface area contributed by atoms with Gasteiger partial charge in [-0.15, -0.1) is 11.3 Å². The molecule has 29 heavy (non-hydrogen) atoms. The molecule has 4 rings (SSSR count). The zero-order valence-corrected chi connectivity index (χ0v) is 16.8. The molecule has 0 radical (unpaired) electrons. The van der Waals surface area contributed by atoms with Gasteiger partial charge in [0.1, 0.15) is 4.83 Å². The maximum absolute atomic E-state index is 12.9. The van der Waals surface area contributed by atoms with E-state index in [0.29, 0.717) is 15.8 Å². The van der Waals surface area contributed by atoms with Crippen molar-refractivity contribution in [2.75, 3.05) is 0 Å². The molecule has 0 aliphatic carbocycles. The second kappa shape index (κ2) is 7.63. The number of aromatic nitrogens is 3. The average molecular weight is 409 g/mol. The maximum atomic E-state index is 12.9. The van der Waals surface area contributed by atoms with Crippen LogP contribution in [0.5, 0.6) is 0 Å². The van der Waals surface area contributed by atoms with E-state index in [1.165, 1.54) is 22.2 Å². The maximum Gasteiger partial charge on any atom is 0.308 e. The standard InChI is InChI=1S/C21H19N3O4S/c1-12-18(14-5-3-4-6-16(14)23-12)19(26)13(2)28-17(25)7-9-24-11-22-20-15(21(24)27)8-10-29-20/h3-6,8,10-11,13,23H,7,9H2,1-2H3/t13-/m1/s1.